The lowest BCUT2D eigenvalue weighted by molar-refractivity contribution is 0.780. The number of nitrogens with one attached hydrogen (secondary N) is 1. The number of rotatable bonds is 6. The molecule has 0 saturated carbocycles. The molecule has 0 amide bonds. The van der Waals surface area contributed by atoms with Gasteiger partial charge in [0.1, 0.15) is 5.84 Å². The van der Waals surface area contributed by atoms with Gasteiger partial charge in [-0.15, -0.1) is 11.3 Å². The first kappa shape index (κ1) is 34.4. The summed E-state index contributed by atoms with van der Waals surface area (Å²) >= 11 is 1.82. The standard InChI is InChI=1S/C55H36N4S/c1-3-15-35(16-4-1)37-29-30-44-48(33-37)56-53(54-52(44)45-25-9-12-28-51(45)60-54)40-21-13-19-38(31-40)46-34-47(58-55(57-46)36-17-5-2-6-18-36)39-20-14-22-41(32-39)59-49-26-10-7-23-42(49)43-24-8-11-27-50(43)59/h1-34,47H,(H,57,58). The molecule has 1 aliphatic heterocycles. The lowest BCUT2D eigenvalue weighted by atomic mass is 9.97. The number of amidine groups is 1. The van der Waals surface area contributed by atoms with E-state index in [9.17, 15) is 0 Å². The Kier molecular flexibility index (Phi) is 8.06. The Morgan fingerprint density at radius 2 is 1.13 bits per heavy atom. The number of thiophene rings is 1. The Balaban J connectivity index is 1.01. The first-order chi connectivity index (χ1) is 29.7. The normalized spacial score (nSPS) is 14.2. The average molecular weight is 785 g/mol. The summed E-state index contributed by atoms with van der Waals surface area (Å²) in [7, 11) is 0. The summed E-state index contributed by atoms with van der Waals surface area (Å²) < 4.78 is 4.84. The monoisotopic (exact) mass is 784 g/mol. The predicted molar refractivity (Wildman–Crippen MR) is 253 cm³/mol. The second kappa shape index (κ2) is 14.0. The molecule has 11 aromatic rings. The Hall–Kier alpha value is -7.60. The van der Waals surface area contributed by atoms with E-state index in [1.807, 2.05) is 17.4 Å². The van der Waals surface area contributed by atoms with Crippen LogP contribution < -0.4 is 5.32 Å². The van der Waals surface area contributed by atoms with Gasteiger partial charge in [0.25, 0.3) is 0 Å². The highest BCUT2D eigenvalue weighted by Crippen LogP contribution is 2.44. The number of para-hydroxylation sites is 2. The van der Waals surface area contributed by atoms with Crippen LogP contribution in [0.15, 0.2) is 211 Å². The summed E-state index contributed by atoms with van der Waals surface area (Å²) in [5, 5.41) is 10.0. The van der Waals surface area contributed by atoms with Crippen LogP contribution in [0.4, 0.5) is 0 Å². The molecule has 0 saturated heterocycles. The highest BCUT2D eigenvalue weighted by molar-refractivity contribution is 7.26. The van der Waals surface area contributed by atoms with Crippen molar-refractivity contribution in [2.24, 2.45) is 4.99 Å². The van der Waals surface area contributed by atoms with E-state index in [1.165, 1.54) is 52.9 Å². The van der Waals surface area contributed by atoms with Gasteiger partial charge < -0.3 is 9.88 Å². The van der Waals surface area contributed by atoms with Crippen molar-refractivity contribution in [3.63, 3.8) is 0 Å². The third-order valence-corrected chi connectivity index (χ3v) is 13.0. The number of fused-ring (bicyclic) bond motifs is 8. The molecule has 4 nitrogen and oxygen atoms in total. The molecule has 60 heavy (non-hydrogen) atoms. The van der Waals surface area contributed by atoms with Gasteiger partial charge in [-0.2, -0.15) is 0 Å². The van der Waals surface area contributed by atoms with Crippen LogP contribution in [0.3, 0.4) is 0 Å². The number of nitrogens with zero attached hydrogens (tertiary/aromatic N) is 3. The molecule has 0 aliphatic carbocycles. The molecule has 4 heterocycles. The van der Waals surface area contributed by atoms with Crippen molar-refractivity contribution in [2.75, 3.05) is 0 Å². The third-order valence-electron chi connectivity index (χ3n) is 11.8. The van der Waals surface area contributed by atoms with Gasteiger partial charge in [0, 0.05) is 54.0 Å². The Labute approximate surface area is 351 Å². The summed E-state index contributed by atoms with van der Waals surface area (Å²) in [6.07, 6.45) is 2.27. The molecular weight excluding hydrogens is 749 g/mol. The number of pyridine rings is 1. The molecule has 5 heteroatoms. The van der Waals surface area contributed by atoms with Gasteiger partial charge >= 0.3 is 0 Å². The number of hydrogen-bond donors (Lipinski definition) is 1. The molecule has 12 rings (SSSR count). The lowest BCUT2D eigenvalue weighted by Crippen LogP contribution is -2.31. The molecule has 1 aliphatic rings. The molecular formula is C55H36N4S. The quantitative estimate of drug-likeness (QED) is 0.182. The molecule has 282 valence electrons. The van der Waals surface area contributed by atoms with Gasteiger partial charge in [-0.1, -0.05) is 158 Å². The Morgan fingerprint density at radius 1 is 0.483 bits per heavy atom. The third kappa shape index (κ3) is 5.74. The van der Waals surface area contributed by atoms with E-state index in [-0.39, 0.29) is 6.04 Å². The Morgan fingerprint density at radius 3 is 1.92 bits per heavy atom. The number of benzene rings is 8. The molecule has 0 bridgehead atoms. The van der Waals surface area contributed by atoms with E-state index >= 15 is 0 Å². The van der Waals surface area contributed by atoms with Gasteiger partial charge in [-0.25, -0.2) is 9.98 Å². The van der Waals surface area contributed by atoms with E-state index in [2.05, 4.69) is 210 Å². The maximum absolute atomic E-state index is 5.48. The van der Waals surface area contributed by atoms with E-state index in [4.69, 9.17) is 9.98 Å². The van der Waals surface area contributed by atoms with Gasteiger partial charge in [0.15, 0.2) is 0 Å². The van der Waals surface area contributed by atoms with Gasteiger partial charge in [-0.3, -0.25) is 0 Å². The summed E-state index contributed by atoms with van der Waals surface area (Å²) in [6, 6.07) is 71.4. The second-order valence-electron chi connectivity index (χ2n) is 15.4. The fourth-order valence-corrected chi connectivity index (χ4v) is 10.2. The summed E-state index contributed by atoms with van der Waals surface area (Å²) in [6.45, 7) is 0. The van der Waals surface area contributed by atoms with Gasteiger partial charge in [-0.05, 0) is 65.2 Å². The van der Waals surface area contributed by atoms with Crippen LogP contribution in [-0.4, -0.2) is 15.4 Å². The van der Waals surface area contributed by atoms with Crippen LogP contribution in [-0.2, 0) is 0 Å². The first-order valence-electron chi connectivity index (χ1n) is 20.4. The number of hydrogen-bond acceptors (Lipinski definition) is 4. The highest BCUT2D eigenvalue weighted by Gasteiger charge is 2.23. The van der Waals surface area contributed by atoms with E-state index < -0.39 is 0 Å². The van der Waals surface area contributed by atoms with Crippen LogP contribution in [0.25, 0.3) is 86.6 Å². The van der Waals surface area contributed by atoms with Crippen LogP contribution >= 0.6 is 11.3 Å². The smallest absolute Gasteiger partial charge is 0.134 e. The molecule has 0 radical (unpaired) electrons. The van der Waals surface area contributed by atoms with Crippen LogP contribution in [0.5, 0.6) is 0 Å². The number of aliphatic imine (C=N–C) groups is 1. The second-order valence-corrected chi connectivity index (χ2v) is 16.5. The zero-order valence-electron chi connectivity index (χ0n) is 32.5. The fourth-order valence-electron chi connectivity index (χ4n) is 9.00. The van der Waals surface area contributed by atoms with Crippen molar-refractivity contribution in [1.29, 1.82) is 0 Å². The van der Waals surface area contributed by atoms with Crippen LogP contribution in [0.1, 0.15) is 22.7 Å². The largest absolute Gasteiger partial charge is 0.359 e. The zero-order chi connectivity index (χ0) is 39.6. The van der Waals surface area contributed by atoms with Crippen molar-refractivity contribution >= 4 is 75.8 Å². The maximum atomic E-state index is 5.48. The summed E-state index contributed by atoms with van der Waals surface area (Å²) in [5.74, 6) is 0.843. The molecule has 8 aromatic carbocycles. The number of aromatic nitrogens is 2. The molecule has 1 unspecified atom stereocenters. The molecule has 1 N–H and O–H groups in total. The average Bonchev–Trinajstić information content (AvgIpc) is 3.88. The minimum absolute atomic E-state index is 0.131. The lowest BCUT2D eigenvalue weighted by Gasteiger charge is -2.25. The SMILES string of the molecule is C1=C(c2cccc(-c3nc4cc(-c5ccccc5)ccc4c4c3sc3ccccc34)c2)N=C(c2ccccc2)NC1c1cccc(-n2c3ccccc3c3ccccc32)c1. The van der Waals surface area contributed by atoms with Crippen molar-refractivity contribution in [3.8, 4) is 28.1 Å². The minimum Gasteiger partial charge on any atom is -0.359 e. The zero-order valence-corrected chi connectivity index (χ0v) is 33.3. The van der Waals surface area contributed by atoms with Crippen molar-refractivity contribution in [2.45, 2.75) is 6.04 Å². The van der Waals surface area contributed by atoms with Crippen molar-refractivity contribution in [3.05, 3.63) is 223 Å². The highest BCUT2D eigenvalue weighted by atomic mass is 32.1. The van der Waals surface area contributed by atoms with E-state index in [0.29, 0.717) is 0 Å². The topological polar surface area (TPSA) is 42.2 Å². The van der Waals surface area contributed by atoms with Crippen LogP contribution in [0.2, 0.25) is 0 Å². The van der Waals surface area contributed by atoms with E-state index in [1.54, 1.807) is 0 Å². The van der Waals surface area contributed by atoms with Crippen molar-refractivity contribution in [1.82, 2.24) is 14.9 Å². The summed E-state index contributed by atoms with van der Waals surface area (Å²) in [5.41, 5.74) is 13.0. The van der Waals surface area contributed by atoms with Crippen LogP contribution in [0, 0.1) is 0 Å². The first-order valence-corrected chi connectivity index (χ1v) is 21.2. The predicted octanol–water partition coefficient (Wildman–Crippen LogP) is 14.2. The Bertz CT molecular complexity index is 3470. The minimum atomic E-state index is -0.131. The van der Waals surface area contributed by atoms with Crippen molar-refractivity contribution < 1.29 is 0 Å². The molecule has 1 atom stereocenters. The van der Waals surface area contributed by atoms with E-state index in [0.717, 1.165) is 56.2 Å². The molecule has 3 aromatic heterocycles. The molecule has 0 spiro atoms. The fraction of sp³-hybridized carbons (Fsp3) is 0.0182. The summed E-state index contributed by atoms with van der Waals surface area (Å²) in [4.78, 5) is 10.8. The van der Waals surface area contributed by atoms with Gasteiger partial charge in [0.05, 0.1) is 38.7 Å². The van der Waals surface area contributed by atoms with Gasteiger partial charge in [0.2, 0.25) is 0 Å². The molecule has 0 fully saturated rings. The maximum Gasteiger partial charge on any atom is 0.134 e.